The van der Waals surface area contributed by atoms with Gasteiger partial charge >= 0.3 is 5.97 Å². The lowest BCUT2D eigenvalue weighted by molar-refractivity contribution is 0.0689. The lowest BCUT2D eigenvalue weighted by Crippen LogP contribution is -2.06. The molecule has 1 aliphatic rings. The summed E-state index contributed by atoms with van der Waals surface area (Å²) in [5, 5.41) is 17.0. The maximum atomic E-state index is 11.2. The number of aromatic nitrogens is 3. The van der Waals surface area contributed by atoms with E-state index in [9.17, 15) is 9.90 Å². The Kier molecular flexibility index (Phi) is 3.21. The second-order valence-corrected chi connectivity index (χ2v) is 5.49. The Hall–Kier alpha value is -1.89. The molecule has 0 amide bonds. The highest BCUT2D eigenvalue weighted by Gasteiger charge is 2.34. The molecule has 6 nitrogen and oxygen atoms in total. The highest BCUT2D eigenvalue weighted by molar-refractivity contribution is 9.10. The van der Waals surface area contributed by atoms with Crippen LogP contribution in [0.25, 0.3) is 5.69 Å². The van der Waals surface area contributed by atoms with Gasteiger partial charge in [0.2, 0.25) is 0 Å². The summed E-state index contributed by atoms with van der Waals surface area (Å²) in [5.74, 6) is -0.149. The standard InChI is InChI=1S/C13H12BrN3O3/c1-20-10-6-8(4-5-9(10)14)17-12(7-2-3-7)11(13(18)19)15-16-17/h4-7H,2-3H2,1H3,(H,18,19). The molecule has 1 saturated carbocycles. The van der Waals surface area contributed by atoms with Crippen molar-refractivity contribution >= 4 is 21.9 Å². The average Bonchev–Trinajstić information content (AvgIpc) is 3.17. The van der Waals surface area contributed by atoms with Crippen molar-refractivity contribution in [1.82, 2.24) is 15.0 Å². The van der Waals surface area contributed by atoms with E-state index < -0.39 is 5.97 Å². The van der Waals surface area contributed by atoms with Crippen LogP contribution >= 0.6 is 15.9 Å². The van der Waals surface area contributed by atoms with Gasteiger partial charge in [-0.05, 0) is 40.9 Å². The van der Waals surface area contributed by atoms with Gasteiger partial charge < -0.3 is 9.84 Å². The van der Waals surface area contributed by atoms with Crippen LogP contribution in [0.1, 0.15) is 34.9 Å². The predicted octanol–water partition coefficient (Wildman–Crippen LogP) is 2.61. The molecule has 0 aliphatic heterocycles. The molecule has 1 aromatic heterocycles. The lowest BCUT2D eigenvalue weighted by atomic mass is 10.2. The first-order chi connectivity index (χ1) is 9.61. The van der Waals surface area contributed by atoms with Crippen molar-refractivity contribution in [3.63, 3.8) is 0 Å². The molecule has 1 heterocycles. The third-order valence-electron chi connectivity index (χ3n) is 3.25. The third-order valence-corrected chi connectivity index (χ3v) is 3.91. The molecule has 1 aromatic carbocycles. The number of methoxy groups -OCH3 is 1. The van der Waals surface area contributed by atoms with Gasteiger partial charge in [0.25, 0.3) is 0 Å². The number of benzene rings is 1. The summed E-state index contributed by atoms with van der Waals surface area (Å²) >= 11 is 3.39. The third kappa shape index (κ3) is 2.18. The van der Waals surface area contributed by atoms with Crippen LogP contribution in [-0.2, 0) is 0 Å². The van der Waals surface area contributed by atoms with Crippen LogP contribution in [0.3, 0.4) is 0 Å². The van der Waals surface area contributed by atoms with Crippen LogP contribution in [0.5, 0.6) is 5.75 Å². The Labute approximate surface area is 123 Å². The van der Waals surface area contributed by atoms with Crippen LogP contribution in [0.15, 0.2) is 22.7 Å². The summed E-state index contributed by atoms with van der Waals surface area (Å²) in [5.41, 5.74) is 1.45. The van der Waals surface area contributed by atoms with Gasteiger partial charge in [0.1, 0.15) is 5.75 Å². The van der Waals surface area contributed by atoms with Crippen LogP contribution < -0.4 is 4.74 Å². The number of hydrogen-bond donors (Lipinski definition) is 1. The molecule has 0 unspecified atom stereocenters. The van der Waals surface area contributed by atoms with E-state index in [1.807, 2.05) is 12.1 Å². The largest absolute Gasteiger partial charge is 0.495 e. The number of carboxylic acids is 1. The monoisotopic (exact) mass is 337 g/mol. The molecule has 1 N–H and O–H groups in total. The van der Waals surface area contributed by atoms with E-state index in [1.54, 1.807) is 17.9 Å². The van der Waals surface area contributed by atoms with E-state index in [4.69, 9.17) is 4.74 Å². The minimum Gasteiger partial charge on any atom is -0.495 e. The minimum atomic E-state index is -1.04. The van der Waals surface area contributed by atoms with Gasteiger partial charge in [-0.1, -0.05) is 5.21 Å². The number of nitrogens with zero attached hydrogens (tertiary/aromatic N) is 3. The molecule has 0 radical (unpaired) electrons. The molecule has 2 aromatic rings. The number of halogens is 1. The molecule has 20 heavy (non-hydrogen) atoms. The molecule has 7 heteroatoms. The summed E-state index contributed by atoms with van der Waals surface area (Å²) in [6.07, 6.45) is 1.95. The summed E-state index contributed by atoms with van der Waals surface area (Å²) in [6.45, 7) is 0. The molecular formula is C13H12BrN3O3. The van der Waals surface area contributed by atoms with Gasteiger partial charge in [-0.15, -0.1) is 5.10 Å². The Bertz CT molecular complexity index is 679. The van der Waals surface area contributed by atoms with Crippen molar-refractivity contribution in [1.29, 1.82) is 0 Å². The summed E-state index contributed by atoms with van der Waals surface area (Å²) in [6, 6.07) is 5.49. The fourth-order valence-corrected chi connectivity index (χ4v) is 2.54. The molecular weight excluding hydrogens is 326 g/mol. The second-order valence-electron chi connectivity index (χ2n) is 4.63. The minimum absolute atomic E-state index is 0.0365. The topological polar surface area (TPSA) is 77.2 Å². The van der Waals surface area contributed by atoms with Crippen LogP contribution in [0, 0.1) is 0 Å². The number of aromatic carboxylic acids is 1. The Morgan fingerprint density at radius 2 is 2.25 bits per heavy atom. The van der Waals surface area contributed by atoms with Gasteiger partial charge in [-0.2, -0.15) is 0 Å². The van der Waals surface area contributed by atoms with Crippen molar-refractivity contribution in [3.8, 4) is 11.4 Å². The van der Waals surface area contributed by atoms with E-state index >= 15 is 0 Å². The van der Waals surface area contributed by atoms with E-state index in [2.05, 4.69) is 26.2 Å². The molecule has 0 bridgehead atoms. The van der Waals surface area contributed by atoms with E-state index in [1.165, 1.54) is 0 Å². The maximum absolute atomic E-state index is 11.2. The quantitative estimate of drug-likeness (QED) is 0.927. The first-order valence-electron chi connectivity index (χ1n) is 6.14. The second kappa shape index (κ2) is 4.90. The first-order valence-corrected chi connectivity index (χ1v) is 6.94. The molecule has 0 spiro atoms. The zero-order valence-electron chi connectivity index (χ0n) is 10.7. The first kappa shape index (κ1) is 13.1. The van der Waals surface area contributed by atoms with Crippen LogP contribution in [0.2, 0.25) is 0 Å². The Balaban J connectivity index is 2.12. The fourth-order valence-electron chi connectivity index (χ4n) is 2.14. The highest BCUT2D eigenvalue weighted by atomic mass is 79.9. The number of ether oxygens (including phenoxy) is 1. The smallest absolute Gasteiger partial charge is 0.358 e. The van der Waals surface area contributed by atoms with E-state index in [0.29, 0.717) is 11.4 Å². The van der Waals surface area contributed by atoms with Crippen molar-refractivity contribution in [3.05, 3.63) is 34.1 Å². The van der Waals surface area contributed by atoms with E-state index in [0.717, 1.165) is 23.0 Å². The van der Waals surface area contributed by atoms with Gasteiger partial charge in [0.15, 0.2) is 5.69 Å². The van der Waals surface area contributed by atoms with E-state index in [-0.39, 0.29) is 11.6 Å². The fraction of sp³-hybridized carbons (Fsp3) is 0.308. The van der Waals surface area contributed by atoms with Crippen LogP contribution in [-0.4, -0.2) is 33.2 Å². The number of carboxylic acid groups (broad SMARTS) is 1. The normalized spacial score (nSPS) is 14.3. The van der Waals surface area contributed by atoms with Crippen molar-refractivity contribution in [2.24, 2.45) is 0 Å². The SMILES string of the molecule is COc1cc(-n2nnc(C(=O)O)c2C2CC2)ccc1Br. The lowest BCUT2D eigenvalue weighted by Gasteiger charge is -2.09. The number of hydrogen-bond acceptors (Lipinski definition) is 4. The molecule has 3 rings (SSSR count). The molecule has 104 valence electrons. The van der Waals surface area contributed by atoms with Gasteiger partial charge in [-0.25, -0.2) is 9.48 Å². The van der Waals surface area contributed by atoms with Crippen molar-refractivity contribution in [2.75, 3.05) is 7.11 Å². The predicted molar refractivity (Wildman–Crippen MR) is 74.5 cm³/mol. The highest BCUT2D eigenvalue weighted by Crippen LogP contribution is 2.42. The van der Waals surface area contributed by atoms with Crippen molar-refractivity contribution < 1.29 is 14.6 Å². The van der Waals surface area contributed by atoms with Gasteiger partial charge in [0.05, 0.1) is 23.0 Å². The zero-order valence-corrected chi connectivity index (χ0v) is 12.3. The zero-order chi connectivity index (χ0) is 14.3. The van der Waals surface area contributed by atoms with Gasteiger partial charge in [-0.3, -0.25) is 0 Å². The molecule has 0 saturated heterocycles. The molecule has 1 fully saturated rings. The number of carbonyl (C=O) groups is 1. The van der Waals surface area contributed by atoms with Crippen molar-refractivity contribution in [2.45, 2.75) is 18.8 Å². The Morgan fingerprint density at radius 1 is 1.50 bits per heavy atom. The summed E-state index contributed by atoms with van der Waals surface area (Å²) < 4.78 is 7.67. The summed E-state index contributed by atoms with van der Waals surface area (Å²) in [7, 11) is 1.58. The summed E-state index contributed by atoms with van der Waals surface area (Å²) in [4.78, 5) is 11.2. The number of rotatable bonds is 4. The Morgan fingerprint density at radius 3 is 2.85 bits per heavy atom. The average molecular weight is 338 g/mol. The molecule has 1 aliphatic carbocycles. The van der Waals surface area contributed by atoms with Gasteiger partial charge in [0, 0.05) is 12.0 Å². The molecule has 0 atom stereocenters. The maximum Gasteiger partial charge on any atom is 0.358 e. The van der Waals surface area contributed by atoms with Crippen LogP contribution in [0.4, 0.5) is 0 Å².